The SMILES string of the molecule is O=C1CCC2SCC(=O)C12. The number of carbonyl (C=O) groups is 2. The molecule has 2 nitrogen and oxygen atoms in total. The highest BCUT2D eigenvalue weighted by atomic mass is 32.2. The van der Waals surface area contributed by atoms with Gasteiger partial charge < -0.3 is 0 Å². The van der Waals surface area contributed by atoms with Crippen LogP contribution < -0.4 is 0 Å². The first-order valence-electron chi connectivity index (χ1n) is 3.46. The predicted octanol–water partition coefficient (Wildman–Crippen LogP) is 0.650. The number of hydrogen-bond acceptors (Lipinski definition) is 3. The smallest absolute Gasteiger partial charge is 0.154 e. The van der Waals surface area contributed by atoms with Crippen LogP contribution >= 0.6 is 11.8 Å². The zero-order valence-electron chi connectivity index (χ0n) is 5.50. The van der Waals surface area contributed by atoms with Crippen molar-refractivity contribution in [1.29, 1.82) is 0 Å². The zero-order chi connectivity index (χ0) is 7.14. The maximum Gasteiger partial charge on any atom is 0.154 e. The summed E-state index contributed by atoms with van der Waals surface area (Å²) in [5, 5.41) is 0.347. The molecule has 1 saturated carbocycles. The van der Waals surface area contributed by atoms with Crippen LogP contribution in [0.5, 0.6) is 0 Å². The first kappa shape index (κ1) is 6.40. The van der Waals surface area contributed by atoms with Crippen molar-refractivity contribution < 1.29 is 9.59 Å². The van der Waals surface area contributed by atoms with Crippen molar-refractivity contribution in [2.45, 2.75) is 18.1 Å². The molecule has 0 aromatic heterocycles. The molecular weight excluding hydrogens is 148 g/mol. The summed E-state index contributed by atoms with van der Waals surface area (Å²) in [7, 11) is 0. The van der Waals surface area contributed by atoms with E-state index in [9.17, 15) is 9.59 Å². The lowest BCUT2D eigenvalue weighted by Gasteiger charge is -2.00. The number of rotatable bonds is 0. The largest absolute Gasteiger partial charge is 0.299 e. The number of fused-ring (bicyclic) bond motifs is 1. The van der Waals surface area contributed by atoms with Gasteiger partial charge in [-0.25, -0.2) is 0 Å². The molecule has 0 N–H and O–H groups in total. The Balaban J connectivity index is 2.26. The average Bonchev–Trinajstić information content (AvgIpc) is 2.40. The van der Waals surface area contributed by atoms with Crippen molar-refractivity contribution in [3.63, 3.8) is 0 Å². The monoisotopic (exact) mass is 156 g/mol. The van der Waals surface area contributed by atoms with E-state index in [0.717, 1.165) is 6.42 Å². The van der Waals surface area contributed by atoms with E-state index in [0.29, 0.717) is 17.4 Å². The molecule has 3 heteroatoms. The Hall–Kier alpha value is -0.310. The van der Waals surface area contributed by atoms with E-state index in [1.165, 1.54) is 0 Å². The molecule has 1 saturated heterocycles. The van der Waals surface area contributed by atoms with Crippen molar-refractivity contribution in [1.82, 2.24) is 0 Å². The molecule has 2 unspecified atom stereocenters. The fourth-order valence-corrected chi connectivity index (χ4v) is 3.00. The summed E-state index contributed by atoms with van der Waals surface area (Å²) in [5.74, 6) is 0.712. The third-order valence-corrected chi connectivity index (χ3v) is 3.57. The fourth-order valence-electron chi connectivity index (χ4n) is 1.66. The standard InChI is InChI=1S/C7H8O2S/c8-4-1-2-6-7(4)5(9)3-10-6/h6-7H,1-3H2. The Morgan fingerprint density at radius 1 is 1.30 bits per heavy atom. The van der Waals surface area contributed by atoms with Crippen molar-refractivity contribution >= 4 is 23.3 Å². The first-order chi connectivity index (χ1) is 4.79. The Labute approximate surface area is 63.4 Å². The molecule has 2 fully saturated rings. The van der Waals surface area contributed by atoms with Gasteiger partial charge in [0, 0.05) is 11.7 Å². The minimum absolute atomic E-state index is 0.164. The van der Waals surface area contributed by atoms with Crippen molar-refractivity contribution in [3.8, 4) is 0 Å². The minimum Gasteiger partial charge on any atom is -0.299 e. The number of ketones is 2. The fraction of sp³-hybridized carbons (Fsp3) is 0.714. The van der Waals surface area contributed by atoms with Gasteiger partial charge in [0.05, 0.1) is 11.7 Å². The van der Waals surface area contributed by atoms with Gasteiger partial charge in [0.1, 0.15) is 5.78 Å². The van der Waals surface area contributed by atoms with E-state index in [-0.39, 0.29) is 17.5 Å². The Morgan fingerprint density at radius 3 is 2.80 bits per heavy atom. The summed E-state index contributed by atoms with van der Waals surface area (Å²) in [5.41, 5.74) is 0. The van der Waals surface area contributed by atoms with Gasteiger partial charge in [0.2, 0.25) is 0 Å². The Bertz CT molecular complexity index is 180. The normalized spacial score (nSPS) is 38.8. The van der Waals surface area contributed by atoms with Crippen LogP contribution in [0.2, 0.25) is 0 Å². The molecule has 0 amide bonds. The van der Waals surface area contributed by atoms with Crippen LogP contribution in [0.25, 0.3) is 0 Å². The van der Waals surface area contributed by atoms with Gasteiger partial charge in [-0.05, 0) is 6.42 Å². The lowest BCUT2D eigenvalue weighted by atomic mass is 10.0. The molecule has 0 aromatic rings. The highest BCUT2D eigenvalue weighted by Gasteiger charge is 2.44. The number of thioether (sulfide) groups is 1. The molecule has 0 radical (unpaired) electrons. The summed E-state index contributed by atoms with van der Waals surface area (Å²) >= 11 is 1.65. The van der Waals surface area contributed by atoms with Gasteiger partial charge in [0.15, 0.2) is 5.78 Å². The lowest BCUT2D eigenvalue weighted by Crippen LogP contribution is -2.19. The minimum atomic E-state index is -0.204. The maximum absolute atomic E-state index is 11.0. The molecule has 1 heterocycles. The number of carbonyl (C=O) groups excluding carboxylic acids is 2. The van der Waals surface area contributed by atoms with Gasteiger partial charge in [-0.15, -0.1) is 11.8 Å². The highest BCUT2D eigenvalue weighted by molar-refractivity contribution is 8.01. The van der Waals surface area contributed by atoms with E-state index < -0.39 is 0 Å². The van der Waals surface area contributed by atoms with Gasteiger partial charge >= 0.3 is 0 Å². The van der Waals surface area contributed by atoms with E-state index >= 15 is 0 Å². The molecule has 10 heavy (non-hydrogen) atoms. The molecule has 2 atom stereocenters. The summed E-state index contributed by atoms with van der Waals surface area (Å²) in [6.45, 7) is 0. The van der Waals surface area contributed by atoms with E-state index in [1.54, 1.807) is 11.8 Å². The van der Waals surface area contributed by atoms with E-state index in [2.05, 4.69) is 0 Å². The second kappa shape index (κ2) is 2.09. The van der Waals surface area contributed by atoms with Crippen LogP contribution in [0.4, 0.5) is 0 Å². The molecule has 54 valence electrons. The second-order valence-electron chi connectivity index (χ2n) is 2.80. The predicted molar refractivity (Wildman–Crippen MR) is 39.0 cm³/mol. The first-order valence-corrected chi connectivity index (χ1v) is 4.51. The number of Topliss-reactive ketones (excluding diaryl/α,β-unsaturated/α-hetero) is 2. The Kier molecular flexibility index (Phi) is 1.34. The zero-order valence-corrected chi connectivity index (χ0v) is 6.32. The topological polar surface area (TPSA) is 34.1 Å². The third-order valence-electron chi connectivity index (χ3n) is 2.18. The van der Waals surface area contributed by atoms with Gasteiger partial charge in [0.25, 0.3) is 0 Å². The maximum atomic E-state index is 11.0. The molecule has 1 aliphatic carbocycles. The van der Waals surface area contributed by atoms with Crippen LogP contribution in [0.1, 0.15) is 12.8 Å². The van der Waals surface area contributed by atoms with Crippen molar-refractivity contribution in [2.24, 2.45) is 5.92 Å². The van der Waals surface area contributed by atoms with E-state index in [1.807, 2.05) is 0 Å². The molecular formula is C7H8O2S. The molecule has 1 aliphatic heterocycles. The molecule has 0 spiro atoms. The van der Waals surface area contributed by atoms with Crippen LogP contribution in [0, 0.1) is 5.92 Å². The van der Waals surface area contributed by atoms with Crippen molar-refractivity contribution in [3.05, 3.63) is 0 Å². The van der Waals surface area contributed by atoms with E-state index in [4.69, 9.17) is 0 Å². The average molecular weight is 156 g/mol. The van der Waals surface area contributed by atoms with Gasteiger partial charge in [-0.1, -0.05) is 0 Å². The molecule has 0 bridgehead atoms. The quantitative estimate of drug-likeness (QED) is 0.483. The van der Waals surface area contributed by atoms with Gasteiger partial charge in [-0.3, -0.25) is 9.59 Å². The van der Waals surface area contributed by atoms with Gasteiger partial charge in [-0.2, -0.15) is 0 Å². The van der Waals surface area contributed by atoms with Crippen LogP contribution in [0.3, 0.4) is 0 Å². The third kappa shape index (κ3) is 0.732. The van der Waals surface area contributed by atoms with Crippen LogP contribution in [-0.2, 0) is 9.59 Å². The molecule has 2 rings (SSSR count). The lowest BCUT2D eigenvalue weighted by molar-refractivity contribution is -0.128. The summed E-state index contributed by atoms with van der Waals surface area (Å²) in [4.78, 5) is 22.1. The van der Waals surface area contributed by atoms with Crippen LogP contribution in [-0.4, -0.2) is 22.6 Å². The highest BCUT2D eigenvalue weighted by Crippen LogP contribution is 2.39. The number of hydrogen-bond donors (Lipinski definition) is 0. The van der Waals surface area contributed by atoms with Crippen LogP contribution in [0.15, 0.2) is 0 Å². The second-order valence-corrected chi connectivity index (χ2v) is 4.03. The summed E-state index contributed by atoms with van der Waals surface area (Å²) in [6, 6.07) is 0. The van der Waals surface area contributed by atoms with Crippen molar-refractivity contribution in [2.75, 3.05) is 5.75 Å². The summed E-state index contributed by atoms with van der Waals surface area (Å²) in [6.07, 6.45) is 1.56. The Morgan fingerprint density at radius 2 is 2.10 bits per heavy atom. The summed E-state index contributed by atoms with van der Waals surface area (Å²) < 4.78 is 0. The molecule has 2 aliphatic rings. The molecule has 0 aromatic carbocycles.